The Morgan fingerprint density at radius 1 is 1.13 bits per heavy atom. The minimum absolute atomic E-state index is 0. The van der Waals surface area contributed by atoms with Crippen LogP contribution in [0.2, 0.25) is 0 Å². The van der Waals surface area contributed by atoms with Gasteiger partial charge in [-0.25, -0.2) is 0 Å². The van der Waals surface area contributed by atoms with Gasteiger partial charge in [-0.2, -0.15) is 0 Å². The maximum absolute atomic E-state index is 7.85. The van der Waals surface area contributed by atoms with Gasteiger partial charge in [0, 0.05) is 9.26 Å². The Morgan fingerprint density at radius 3 is 2.22 bits per heavy atom. The number of benzene rings is 2. The summed E-state index contributed by atoms with van der Waals surface area (Å²) in [4.78, 5) is 1.81. The number of nitrogens with zero attached hydrogens (tertiary/aromatic N) is 1. The SMILES string of the molecule is CC(C)(C)c1ccc(CN(C(=N)N)c2cccc(I)c2)cc1.Cl. The fourth-order valence-corrected chi connectivity index (χ4v) is 2.78. The van der Waals surface area contributed by atoms with Gasteiger partial charge in [-0.15, -0.1) is 12.4 Å². The largest absolute Gasteiger partial charge is 0.370 e. The van der Waals surface area contributed by atoms with Gasteiger partial charge in [-0.1, -0.05) is 51.1 Å². The lowest BCUT2D eigenvalue weighted by atomic mass is 9.87. The van der Waals surface area contributed by atoms with Crippen molar-refractivity contribution in [3.63, 3.8) is 0 Å². The van der Waals surface area contributed by atoms with E-state index in [2.05, 4.69) is 67.6 Å². The molecule has 0 aliphatic rings. The van der Waals surface area contributed by atoms with E-state index in [-0.39, 0.29) is 23.8 Å². The van der Waals surface area contributed by atoms with Crippen molar-refractivity contribution in [3.8, 4) is 0 Å². The molecule has 5 heteroatoms. The van der Waals surface area contributed by atoms with Crippen molar-refractivity contribution in [1.82, 2.24) is 0 Å². The summed E-state index contributed by atoms with van der Waals surface area (Å²) in [5.74, 6) is 0.0573. The number of guanidine groups is 1. The topological polar surface area (TPSA) is 53.1 Å². The van der Waals surface area contributed by atoms with E-state index in [4.69, 9.17) is 11.1 Å². The van der Waals surface area contributed by atoms with Crippen molar-refractivity contribution in [1.29, 1.82) is 5.41 Å². The summed E-state index contributed by atoms with van der Waals surface area (Å²) >= 11 is 2.27. The van der Waals surface area contributed by atoms with Crippen LogP contribution < -0.4 is 10.6 Å². The lowest BCUT2D eigenvalue weighted by Gasteiger charge is -2.24. The average molecular weight is 444 g/mol. The molecule has 0 aliphatic heterocycles. The molecule has 2 aromatic carbocycles. The second-order valence-corrected chi connectivity index (χ2v) is 7.64. The highest BCUT2D eigenvalue weighted by Crippen LogP contribution is 2.24. The van der Waals surface area contributed by atoms with Crippen molar-refractivity contribution in [2.45, 2.75) is 32.7 Å². The van der Waals surface area contributed by atoms with Crippen LogP contribution in [0, 0.1) is 8.98 Å². The van der Waals surface area contributed by atoms with Crippen LogP contribution in [-0.2, 0) is 12.0 Å². The predicted octanol–water partition coefficient (Wildman–Crippen LogP) is 4.91. The van der Waals surface area contributed by atoms with Gasteiger partial charge in [0.1, 0.15) is 0 Å². The predicted molar refractivity (Wildman–Crippen MR) is 110 cm³/mol. The molecule has 0 unspecified atom stereocenters. The summed E-state index contributed by atoms with van der Waals surface area (Å²) < 4.78 is 1.13. The molecule has 2 aromatic rings. The van der Waals surface area contributed by atoms with Crippen LogP contribution >= 0.6 is 35.0 Å². The highest BCUT2D eigenvalue weighted by molar-refractivity contribution is 14.1. The van der Waals surface area contributed by atoms with Crippen molar-refractivity contribution in [2.75, 3.05) is 4.90 Å². The van der Waals surface area contributed by atoms with Gasteiger partial charge in [-0.3, -0.25) is 5.41 Å². The molecule has 0 saturated heterocycles. The fraction of sp³-hybridized carbons (Fsp3) is 0.278. The second-order valence-electron chi connectivity index (χ2n) is 6.40. The van der Waals surface area contributed by atoms with E-state index in [1.165, 1.54) is 5.56 Å². The normalized spacial score (nSPS) is 10.8. The third-order valence-corrected chi connectivity index (χ3v) is 4.24. The minimum Gasteiger partial charge on any atom is -0.370 e. The average Bonchev–Trinajstić information content (AvgIpc) is 2.44. The van der Waals surface area contributed by atoms with Gasteiger partial charge < -0.3 is 10.6 Å². The zero-order valence-corrected chi connectivity index (χ0v) is 16.6. The zero-order valence-electron chi connectivity index (χ0n) is 13.6. The molecule has 0 radical (unpaired) electrons. The molecule has 124 valence electrons. The lowest BCUT2D eigenvalue weighted by Crippen LogP contribution is -2.36. The Labute approximate surface area is 158 Å². The van der Waals surface area contributed by atoms with Crippen molar-refractivity contribution in [2.24, 2.45) is 5.73 Å². The van der Waals surface area contributed by atoms with E-state index in [1.54, 1.807) is 0 Å². The third kappa shape index (κ3) is 5.39. The van der Waals surface area contributed by atoms with Crippen LogP contribution in [0.4, 0.5) is 5.69 Å². The molecule has 0 aromatic heterocycles. The number of halogens is 2. The van der Waals surface area contributed by atoms with E-state index in [9.17, 15) is 0 Å². The minimum atomic E-state index is 0. The monoisotopic (exact) mass is 443 g/mol. The molecular weight excluding hydrogens is 421 g/mol. The Hall–Kier alpha value is -1.27. The van der Waals surface area contributed by atoms with Gasteiger partial charge in [0.25, 0.3) is 0 Å². The fourth-order valence-electron chi connectivity index (χ4n) is 2.25. The molecule has 0 aliphatic carbocycles. The van der Waals surface area contributed by atoms with Gasteiger partial charge in [0.15, 0.2) is 5.96 Å². The Balaban J connectivity index is 0.00000264. The summed E-state index contributed by atoms with van der Waals surface area (Å²) in [5.41, 5.74) is 9.31. The highest BCUT2D eigenvalue weighted by atomic mass is 127. The van der Waals surface area contributed by atoms with E-state index in [0.717, 1.165) is 14.8 Å². The number of nitrogens with one attached hydrogen (secondary N) is 1. The van der Waals surface area contributed by atoms with Gasteiger partial charge in [0.2, 0.25) is 0 Å². The third-order valence-electron chi connectivity index (χ3n) is 3.57. The maximum Gasteiger partial charge on any atom is 0.193 e. The van der Waals surface area contributed by atoms with E-state index in [1.807, 2.05) is 29.2 Å². The van der Waals surface area contributed by atoms with Gasteiger partial charge in [-0.05, 0) is 57.3 Å². The number of anilines is 1. The molecule has 23 heavy (non-hydrogen) atoms. The molecule has 0 saturated carbocycles. The molecule has 0 fully saturated rings. The Kier molecular flexibility index (Phi) is 6.89. The van der Waals surface area contributed by atoms with Crippen LogP contribution in [0.1, 0.15) is 31.9 Å². The first-order valence-corrected chi connectivity index (χ1v) is 8.32. The number of hydrogen-bond acceptors (Lipinski definition) is 1. The zero-order chi connectivity index (χ0) is 16.3. The highest BCUT2D eigenvalue weighted by Gasteiger charge is 2.14. The van der Waals surface area contributed by atoms with Crippen LogP contribution in [0.15, 0.2) is 48.5 Å². The van der Waals surface area contributed by atoms with E-state index in [0.29, 0.717) is 6.54 Å². The smallest absolute Gasteiger partial charge is 0.193 e. The Bertz CT molecular complexity index is 663. The number of nitrogens with two attached hydrogens (primary N) is 1. The first-order valence-electron chi connectivity index (χ1n) is 7.24. The summed E-state index contributed by atoms with van der Waals surface area (Å²) in [7, 11) is 0. The van der Waals surface area contributed by atoms with E-state index >= 15 is 0 Å². The maximum atomic E-state index is 7.85. The van der Waals surface area contributed by atoms with Crippen LogP contribution in [0.5, 0.6) is 0 Å². The summed E-state index contributed by atoms with van der Waals surface area (Å²) in [5, 5.41) is 7.85. The Morgan fingerprint density at radius 2 is 1.74 bits per heavy atom. The summed E-state index contributed by atoms with van der Waals surface area (Å²) in [6.07, 6.45) is 0. The van der Waals surface area contributed by atoms with Crippen molar-refractivity contribution < 1.29 is 0 Å². The molecule has 0 atom stereocenters. The number of rotatable bonds is 3. The van der Waals surface area contributed by atoms with Gasteiger partial charge in [0.05, 0.1) is 6.54 Å². The molecule has 0 bridgehead atoms. The number of hydrogen-bond donors (Lipinski definition) is 2. The van der Waals surface area contributed by atoms with Crippen LogP contribution in [0.25, 0.3) is 0 Å². The first-order chi connectivity index (χ1) is 10.3. The first kappa shape index (κ1) is 19.8. The van der Waals surface area contributed by atoms with Crippen LogP contribution in [0.3, 0.4) is 0 Å². The lowest BCUT2D eigenvalue weighted by molar-refractivity contribution is 0.590. The summed E-state index contributed by atoms with van der Waals surface area (Å²) in [6.45, 7) is 7.21. The summed E-state index contributed by atoms with van der Waals surface area (Å²) in [6, 6.07) is 16.6. The molecular formula is C18H23ClIN3. The van der Waals surface area contributed by atoms with Crippen molar-refractivity contribution >= 4 is 46.6 Å². The van der Waals surface area contributed by atoms with Crippen molar-refractivity contribution in [3.05, 3.63) is 63.2 Å². The molecule has 2 rings (SSSR count). The van der Waals surface area contributed by atoms with Crippen LogP contribution in [-0.4, -0.2) is 5.96 Å². The molecule has 3 N–H and O–H groups in total. The molecule has 0 amide bonds. The second kappa shape index (κ2) is 8.02. The van der Waals surface area contributed by atoms with Gasteiger partial charge >= 0.3 is 0 Å². The molecule has 3 nitrogen and oxygen atoms in total. The molecule has 0 spiro atoms. The standard InChI is InChI=1S/C18H22IN3.ClH/c1-18(2,3)14-9-7-13(8-10-14)12-22(17(20)21)16-6-4-5-15(19)11-16;/h4-11H,12H2,1-3H3,(H3,20,21);1H. The molecule has 0 heterocycles. The quantitative estimate of drug-likeness (QED) is 0.402. The van der Waals surface area contributed by atoms with E-state index < -0.39 is 0 Å².